The van der Waals surface area contributed by atoms with Gasteiger partial charge in [0.25, 0.3) is 0 Å². The first-order valence-corrected chi connectivity index (χ1v) is 13.2. The van der Waals surface area contributed by atoms with Crippen molar-refractivity contribution in [1.82, 2.24) is 4.72 Å². The van der Waals surface area contributed by atoms with Crippen LogP contribution >= 0.6 is 0 Å². The Morgan fingerprint density at radius 2 is 1.78 bits per heavy atom. The minimum absolute atomic E-state index is 0.163. The van der Waals surface area contributed by atoms with Gasteiger partial charge >= 0.3 is 0 Å². The molecule has 3 rings (SSSR count). The third-order valence-electron chi connectivity index (χ3n) is 4.73. The first kappa shape index (κ1) is 23.7. The van der Waals surface area contributed by atoms with Crippen molar-refractivity contribution in [1.29, 1.82) is 0 Å². The van der Waals surface area contributed by atoms with Crippen molar-refractivity contribution in [2.24, 2.45) is 0 Å². The summed E-state index contributed by atoms with van der Waals surface area (Å²) in [5, 5.41) is 2.71. The Labute approximate surface area is 188 Å². The molecule has 0 unspecified atom stereocenters. The number of anilines is 2. The number of amides is 1. The fraction of sp³-hybridized carbons (Fsp3) is 0.227. The van der Waals surface area contributed by atoms with Gasteiger partial charge in [-0.1, -0.05) is 30.3 Å². The van der Waals surface area contributed by atoms with Crippen LogP contribution in [-0.4, -0.2) is 41.6 Å². The lowest BCUT2D eigenvalue weighted by Gasteiger charge is -2.16. The molecule has 0 aromatic heterocycles. The second-order valence-corrected chi connectivity index (χ2v) is 11.1. The molecule has 32 heavy (non-hydrogen) atoms. The molecule has 0 aliphatic carbocycles. The lowest BCUT2D eigenvalue weighted by molar-refractivity contribution is -0.111. The Balaban J connectivity index is 1.55. The van der Waals surface area contributed by atoms with Gasteiger partial charge in [-0.05, 0) is 47.9 Å². The first-order valence-electron chi connectivity index (χ1n) is 9.95. The molecule has 170 valence electrons. The number of hydrogen-bond donors (Lipinski definition) is 2. The van der Waals surface area contributed by atoms with Crippen molar-refractivity contribution >= 4 is 43.4 Å². The minimum atomic E-state index is -3.44. The molecule has 1 aliphatic heterocycles. The summed E-state index contributed by atoms with van der Waals surface area (Å²) in [7, 11) is -6.66. The number of carbonyl (C=O) groups excluding carboxylic acids is 1. The molecule has 0 radical (unpaired) electrons. The molecule has 1 fully saturated rings. The summed E-state index contributed by atoms with van der Waals surface area (Å²) < 4.78 is 51.6. The predicted octanol–water partition coefficient (Wildman–Crippen LogP) is 2.48. The van der Waals surface area contributed by atoms with Crippen molar-refractivity contribution in [3.63, 3.8) is 0 Å². The molecule has 2 aromatic carbocycles. The second-order valence-electron chi connectivity index (χ2n) is 7.25. The summed E-state index contributed by atoms with van der Waals surface area (Å²) in [5.74, 6) is -0.342. The summed E-state index contributed by atoms with van der Waals surface area (Å²) in [5.41, 5.74) is 2.50. The monoisotopic (exact) mass is 475 g/mol. The zero-order valence-electron chi connectivity index (χ0n) is 17.4. The van der Waals surface area contributed by atoms with Crippen LogP contribution in [0.2, 0.25) is 0 Å². The highest BCUT2D eigenvalue weighted by Gasteiger charge is 2.28. The van der Waals surface area contributed by atoms with E-state index in [-0.39, 0.29) is 24.0 Å². The van der Waals surface area contributed by atoms with Crippen LogP contribution in [0, 0.1) is 0 Å². The van der Waals surface area contributed by atoms with Crippen LogP contribution in [0.25, 0.3) is 6.08 Å². The summed E-state index contributed by atoms with van der Waals surface area (Å²) in [4.78, 5) is 12.2. The van der Waals surface area contributed by atoms with E-state index in [0.29, 0.717) is 29.9 Å². The number of hydrogen-bond acceptors (Lipinski definition) is 5. The van der Waals surface area contributed by atoms with Crippen molar-refractivity contribution in [2.75, 3.05) is 28.5 Å². The number of sulfonamides is 2. The van der Waals surface area contributed by atoms with Crippen molar-refractivity contribution in [3.05, 3.63) is 78.4 Å². The molecule has 2 N–H and O–H groups in total. The summed E-state index contributed by atoms with van der Waals surface area (Å²) in [6.45, 7) is 4.12. The van der Waals surface area contributed by atoms with Gasteiger partial charge in [-0.3, -0.25) is 9.10 Å². The first-order chi connectivity index (χ1) is 15.2. The molecular formula is C22H25N3O5S2. The van der Waals surface area contributed by atoms with E-state index >= 15 is 0 Å². The molecule has 0 spiro atoms. The van der Waals surface area contributed by atoms with E-state index < -0.39 is 20.0 Å². The molecule has 0 bridgehead atoms. The fourth-order valence-corrected chi connectivity index (χ4v) is 5.85. The molecular weight excluding hydrogens is 450 g/mol. The molecule has 1 heterocycles. The minimum Gasteiger partial charge on any atom is -0.323 e. The van der Waals surface area contributed by atoms with Gasteiger partial charge in [0.15, 0.2) is 0 Å². The smallest absolute Gasteiger partial charge is 0.248 e. The normalized spacial score (nSPS) is 15.7. The fourth-order valence-electron chi connectivity index (χ4n) is 3.18. The van der Waals surface area contributed by atoms with Gasteiger partial charge in [-0.15, -0.1) is 6.58 Å². The summed E-state index contributed by atoms with van der Waals surface area (Å²) in [6, 6.07) is 13.5. The van der Waals surface area contributed by atoms with E-state index in [0.717, 1.165) is 5.56 Å². The van der Waals surface area contributed by atoms with E-state index in [9.17, 15) is 21.6 Å². The van der Waals surface area contributed by atoms with Gasteiger partial charge in [-0.25, -0.2) is 21.6 Å². The second kappa shape index (κ2) is 10.1. The van der Waals surface area contributed by atoms with E-state index in [1.807, 2.05) is 0 Å². The number of rotatable bonds is 9. The average Bonchev–Trinajstić information content (AvgIpc) is 3.11. The number of carbonyl (C=O) groups is 1. The maximum Gasteiger partial charge on any atom is 0.248 e. The largest absolute Gasteiger partial charge is 0.323 e. The Hall–Kier alpha value is -2.95. The lowest BCUT2D eigenvalue weighted by Crippen LogP contribution is -2.25. The molecule has 0 saturated carbocycles. The molecule has 8 nitrogen and oxygen atoms in total. The highest BCUT2D eigenvalue weighted by Crippen LogP contribution is 2.24. The zero-order valence-corrected chi connectivity index (χ0v) is 19.0. The van der Waals surface area contributed by atoms with E-state index in [2.05, 4.69) is 16.6 Å². The third-order valence-corrected chi connectivity index (χ3v) is 7.92. The Morgan fingerprint density at radius 1 is 1.09 bits per heavy atom. The highest BCUT2D eigenvalue weighted by molar-refractivity contribution is 7.93. The van der Waals surface area contributed by atoms with Gasteiger partial charge < -0.3 is 5.32 Å². The van der Waals surface area contributed by atoms with E-state index in [4.69, 9.17) is 0 Å². The van der Waals surface area contributed by atoms with Crippen molar-refractivity contribution < 1.29 is 21.6 Å². The predicted molar refractivity (Wildman–Crippen MR) is 127 cm³/mol. The van der Waals surface area contributed by atoms with E-state index in [1.54, 1.807) is 54.6 Å². The molecule has 0 atom stereocenters. The SMILES string of the molecule is C=CCNS(=O)(=O)Cc1ccc(NC(=O)/C=C/c2ccc(N3CCCS3(=O)=O)cc2)cc1. The number of nitrogens with zero attached hydrogens (tertiary/aromatic N) is 1. The zero-order chi connectivity index (χ0) is 23.2. The van der Waals surface area contributed by atoms with Crippen LogP contribution in [0.1, 0.15) is 17.5 Å². The van der Waals surface area contributed by atoms with Crippen molar-refractivity contribution in [3.8, 4) is 0 Å². The van der Waals surface area contributed by atoms with Crippen molar-refractivity contribution in [2.45, 2.75) is 12.2 Å². The molecule has 1 aliphatic rings. The van der Waals surface area contributed by atoms with Gasteiger partial charge in [0.2, 0.25) is 26.0 Å². The Kier molecular flexibility index (Phi) is 7.49. The van der Waals surface area contributed by atoms with Gasteiger partial charge in [0, 0.05) is 24.9 Å². The van der Waals surface area contributed by atoms with E-state index in [1.165, 1.54) is 16.5 Å². The van der Waals surface area contributed by atoms with Gasteiger partial charge in [0.05, 0.1) is 17.2 Å². The third kappa shape index (κ3) is 6.52. The average molecular weight is 476 g/mol. The standard InChI is InChI=1S/C22H25N3O5S2/c1-2-14-23-31(27,28)17-19-4-9-20(10-5-19)24-22(26)13-8-18-6-11-21(12-7-18)25-15-3-16-32(25,29)30/h2,4-13,23H,1,3,14-17H2,(H,24,26)/b13-8+. The Morgan fingerprint density at radius 3 is 2.38 bits per heavy atom. The van der Waals surface area contributed by atoms with Crippen LogP contribution < -0.4 is 14.3 Å². The summed E-state index contributed by atoms with van der Waals surface area (Å²) >= 11 is 0. The number of nitrogens with one attached hydrogen (secondary N) is 2. The van der Waals surface area contributed by atoms with Crippen LogP contribution in [0.5, 0.6) is 0 Å². The molecule has 10 heteroatoms. The quantitative estimate of drug-likeness (QED) is 0.427. The Bertz CT molecular complexity index is 1200. The van der Waals surface area contributed by atoms with Crippen LogP contribution in [0.3, 0.4) is 0 Å². The lowest BCUT2D eigenvalue weighted by atomic mass is 10.2. The van der Waals surface area contributed by atoms with Gasteiger partial charge in [-0.2, -0.15) is 0 Å². The molecule has 1 saturated heterocycles. The molecule has 1 amide bonds. The van der Waals surface area contributed by atoms with Crippen LogP contribution in [0.15, 0.2) is 67.3 Å². The topological polar surface area (TPSA) is 113 Å². The number of benzene rings is 2. The maximum absolute atomic E-state index is 12.2. The highest BCUT2D eigenvalue weighted by atomic mass is 32.2. The van der Waals surface area contributed by atoms with Crippen LogP contribution in [0.4, 0.5) is 11.4 Å². The summed E-state index contributed by atoms with van der Waals surface area (Å²) in [6.07, 6.45) is 5.09. The molecule has 2 aromatic rings. The van der Waals surface area contributed by atoms with Crippen LogP contribution in [-0.2, 0) is 30.6 Å². The van der Waals surface area contributed by atoms with Gasteiger partial charge in [0.1, 0.15) is 0 Å². The maximum atomic E-state index is 12.2.